The molecule has 1 aliphatic heterocycles. The van der Waals surface area contributed by atoms with E-state index in [-0.39, 0.29) is 5.82 Å². The molecule has 1 aromatic heterocycles. The van der Waals surface area contributed by atoms with Crippen LogP contribution in [-0.2, 0) is 13.0 Å². The molecule has 92 valence electrons. The Morgan fingerprint density at radius 3 is 3.06 bits per heavy atom. The second kappa shape index (κ2) is 4.46. The number of hydrogen-bond donors (Lipinski definition) is 1. The highest BCUT2D eigenvalue weighted by atomic mass is 19.1. The quantitative estimate of drug-likeness (QED) is 0.834. The first-order valence-corrected chi connectivity index (χ1v) is 6.05. The average molecular weight is 243 g/mol. The molecular formula is C14H14FN3. The molecule has 4 heteroatoms. The van der Waals surface area contributed by atoms with E-state index in [4.69, 9.17) is 0 Å². The summed E-state index contributed by atoms with van der Waals surface area (Å²) in [5, 5.41) is 3.31. The second-order valence-corrected chi connectivity index (χ2v) is 4.53. The Balaban J connectivity index is 2.19. The van der Waals surface area contributed by atoms with Crippen molar-refractivity contribution in [1.82, 2.24) is 15.3 Å². The molecule has 0 radical (unpaired) electrons. The molecule has 0 spiro atoms. The first-order valence-electron chi connectivity index (χ1n) is 6.05. The molecule has 0 bridgehead atoms. The zero-order valence-electron chi connectivity index (χ0n) is 10.2. The lowest BCUT2D eigenvalue weighted by Crippen LogP contribution is -2.25. The summed E-state index contributed by atoms with van der Waals surface area (Å²) < 4.78 is 13.4. The van der Waals surface area contributed by atoms with Gasteiger partial charge in [-0.1, -0.05) is 6.07 Å². The number of hydrogen-bond acceptors (Lipinski definition) is 3. The smallest absolute Gasteiger partial charge is 0.123 e. The van der Waals surface area contributed by atoms with E-state index in [9.17, 15) is 4.39 Å². The van der Waals surface area contributed by atoms with Crippen molar-refractivity contribution in [3.8, 4) is 11.3 Å². The number of halogens is 1. The molecule has 1 N–H and O–H groups in total. The molecule has 0 amide bonds. The van der Waals surface area contributed by atoms with Crippen LogP contribution in [0.25, 0.3) is 11.3 Å². The Kier molecular flexibility index (Phi) is 2.80. The highest BCUT2D eigenvalue weighted by molar-refractivity contribution is 5.67. The molecule has 3 rings (SSSR count). The molecule has 0 unspecified atom stereocenters. The van der Waals surface area contributed by atoms with Crippen molar-refractivity contribution < 1.29 is 4.39 Å². The third-order valence-corrected chi connectivity index (χ3v) is 3.33. The van der Waals surface area contributed by atoms with Crippen LogP contribution in [-0.4, -0.2) is 16.5 Å². The predicted molar refractivity (Wildman–Crippen MR) is 67.6 cm³/mol. The molecular weight excluding hydrogens is 229 g/mol. The van der Waals surface area contributed by atoms with Gasteiger partial charge in [0.1, 0.15) is 12.1 Å². The summed E-state index contributed by atoms with van der Waals surface area (Å²) in [5.74, 6) is -0.230. The lowest BCUT2D eigenvalue weighted by Gasteiger charge is -2.19. The maximum Gasteiger partial charge on any atom is 0.123 e. The number of nitrogens with one attached hydrogen (secondary N) is 1. The molecule has 0 saturated carbocycles. The van der Waals surface area contributed by atoms with Crippen molar-refractivity contribution in [2.45, 2.75) is 19.9 Å². The van der Waals surface area contributed by atoms with E-state index in [1.807, 2.05) is 6.92 Å². The van der Waals surface area contributed by atoms with Gasteiger partial charge in [0.2, 0.25) is 0 Å². The zero-order chi connectivity index (χ0) is 12.5. The molecule has 3 nitrogen and oxygen atoms in total. The Morgan fingerprint density at radius 2 is 2.17 bits per heavy atom. The van der Waals surface area contributed by atoms with Crippen molar-refractivity contribution in [3.63, 3.8) is 0 Å². The van der Waals surface area contributed by atoms with Crippen molar-refractivity contribution in [2.75, 3.05) is 6.54 Å². The fourth-order valence-electron chi connectivity index (χ4n) is 2.35. The predicted octanol–water partition coefficient (Wildman–Crippen LogP) is 2.24. The normalized spacial score (nSPS) is 14.3. The SMILES string of the molecule is Cc1ccc(F)cc1-c1ncnc2c1CNCC2. The van der Waals surface area contributed by atoms with Crippen LogP contribution in [0.15, 0.2) is 24.5 Å². The van der Waals surface area contributed by atoms with E-state index < -0.39 is 0 Å². The van der Waals surface area contributed by atoms with Gasteiger partial charge in [-0.15, -0.1) is 0 Å². The molecule has 0 atom stereocenters. The van der Waals surface area contributed by atoms with E-state index in [0.717, 1.165) is 47.6 Å². The highest BCUT2D eigenvalue weighted by Gasteiger charge is 2.17. The third-order valence-electron chi connectivity index (χ3n) is 3.33. The van der Waals surface area contributed by atoms with Crippen LogP contribution in [0.5, 0.6) is 0 Å². The molecule has 0 saturated heterocycles. The molecule has 1 aromatic carbocycles. The summed E-state index contributed by atoms with van der Waals surface area (Å²) in [7, 11) is 0. The van der Waals surface area contributed by atoms with Gasteiger partial charge in [0.15, 0.2) is 0 Å². The summed E-state index contributed by atoms with van der Waals surface area (Å²) in [6, 6.07) is 4.81. The van der Waals surface area contributed by atoms with Gasteiger partial charge in [-0.05, 0) is 24.6 Å². The molecule has 1 aliphatic rings. The monoisotopic (exact) mass is 243 g/mol. The van der Waals surface area contributed by atoms with E-state index in [1.54, 1.807) is 18.5 Å². The Labute approximate surface area is 105 Å². The molecule has 0 fully saturated rings. The Hall–Kier alpha value is -1.81. The van der Waals surface area contributed by atoms with E-state index in [0.29, 0.717) is 0 Å². The van der Waals surface area contributed by atoms with Crippen LogP contribution >= 0.6 is 0 Å². The maximum atomic E-state index is 13.4. The summed E-state index contributed by atoms with van der Waals surface area (Å²) in [6.45, 7) is 3.66. The minimum atomic E-state index is -0.230. The van der Waals surface area contributed by atoms with E-state index in [1.165, 1.54) is 6.07 Å². The first kappa shape index (κ1) is 11.3. The molecule has 2 aromatic rings. The van der Waals surface area contributed by atoms with Crippen LogP contribution in [0.3, 0.4) is 0 Å². The number of nitrogens with zero attached hydrogens (tertiary/aromatic N) is 2. The van der Waals surface area contributed by atoms with Crippen molar-refractivity contribution in [1.29, 1.82) is 0 Å². The fraction of sp³-hybridized carbons (Fsp3) is 0.286. The number of aryl methyl sites for hydroxylation is 1. The van der Waals surface area contributed by atoms with Crippen LogP contribution in [0, 0.1) is 12.7 Å². The van der Waals surface area contributed by atoms with Gasteiger partial charge in [0, 0.05) is 30.6 Å². The lowest BCUT2D eigenvalue weighted by atomic mass is 9.97. The van der Waals surface area contributed by atoms with Crippen LogP contribution in [0.2, 0.25) is 0 Å². The average Bonchev–Trinajstić information content (AvgIpc) is 2.41. The number of benzene rings is 1. The van der Waals surface area contributed by atoms with Gasteiger partial charge in [-0.25, -0.2) is 14.4 Å². The van der Waals surface area contributed by atoms with Crippen LogP contribution < -0.4 is 5.32 Å². The first-order chi connectivity index (χ1) is 8.75. The van der Waals surface area contributed by atoms with Crippen LogP contribution in [0.1, 0.15) is 16.8 Å². The Bertz CT molecular complexity index is 596. The van der Waals surface area contributed by atoms with E-state index in [2.05, 4.69) is 15.3 Å². The number of fused-ring (bicyclic) bond motifs is 1. The summed E-state index contributed by atoms with van der Waals surface area (Å²) in [6.07, 6.45) is 2.48. The van der Waals surface area contributed by atoms with Gasteiger partial charge < -0.3 is 5.32 Å². The van der Waals surface area contributed by atoms with Gasteiger partial charge >= 0.3 is 0 Å². The topological polar surface area (TPSA) is 37.8 Å². The summed E-state index contributed by atoms with van der Waals surface area (Å²) in [5.41, 5.74) is 4.91. The fourth-order valence-corrected chi connectivity index (χ4v) is 2.35. The highest BCUT2D eigenvalue weighted by Crippen LogP contribution is 2.28. The van der Waals surface area contributed by atoms with Gasteiger partial charge in [0.25, 0.3) is 0 Å². The minimum Gasteiger partial charge on any atom is -0.312 e. The summed E-state index contributed by atoms with van der Waals surface area (Å²) >= 11 is 0. The second-order valence-electron chi connectivity index (χ2n) is 4.53. The largest absolute Gasteiger partial charge is 0.312 e. The summed E-state index contributed by atoms with van der Waals surface area (Å²) in [4.78, 5) is 8.66. The standard InChI is InChI=1S/C14H14FN3/c1-9-2-3-10(15)6-11(9)14-12-7-16-5-4-13(12)17-8-18-14/h2-3,6,8,16H,4-5,7H2,1H3. The van der Waals surface area contributed by atoms with Crippen LogP contribution in [0.4, 0.5) is 4.39 Å². The molecule has 18 heavy (non-hydrogen) atoms. The Morgan fingerprint density at radius 1 is 1.28 bits per heavy atom. The van der Waals surface area contributed by atoms with Crippen molar-refractivity contribution in [3.05, 3.63) is 47.2 Å². The maximum absolute atomic E-state index is 13.4. The van der Waals surface area contributed by atoms with Crippen molar-refractivity contribution >= 4 is 0 Å². The minimum absolute atomic E-state index is 0.230. The number of aromatic nitrogens is 2. The lowest BCUT2D eigenvalue weighted by molar-refractivity contribution is 0.623. The van der Waals surface area contributed by atoms with Gasteiger partial charge in [0.05, 0.1) is 11.4 Å². The van der Waals surface area contributed by atoms with Gasteiger partial charge in [-0.3, -0.25) is 0 Å². The molecule has 0 aliphatic carbocycles. The van der Waals surface area contributed by atoms with E-state index >= 15 is 0 Å². The zero-order valence-corrected chi connectivity index (χ0v) is 10.2. The molecule has 2 heterocycles. The number of rotatable bonds is 1. The third kappa shape index (κ3) is 1.88. The van der Waals surface area contributed by atoms with Crippen molar-refractivity contribution in [2.24, 2.45) is 0 Å². The van der Waals surface area contributed by atoms with Gasteiger partial charge in [-0.2, -0.15) is 0 Å².